The van der Waals surface area contributed by atoms with Gasteiger partial charge in [-0.25, -0.2) is 0 Å². The molecule has 0 bridgehead atoms. The number of carbonyl (C=O) groups excluding carboxylic acids is 1. The number of ether oxygens (including phenoxy) is 1. The van der Waals surface area contributed by atoms with Crippen molar-refractivity contribution in [3.8, 4) is 0 Å². The van der Waals surface area contributed by atoms with E-state index in [9.17, 15) is 4.79 Å². The third kappa shape index (κ3) is 9.20. The van der Waals surface area contributed by atoms with Crippen molar-refractivity contribution in [2.24, 2.45) is 5.92 Å². The topological polar surface area (TPSA) is 26.3 Å². The van der Waals surface area contributed by atoms with Gasteiger partial charge in [-0.2, -0.15) is 0 Å². The molecule has 1 radical (unpaired) electrons. The van der Waals surface area contributed by atoms with Gasteiger partial charge in [-0.1, -0.05) is 46.0 Å². The smallest absolute Gasteiger partial charge is 0.309 e. The van der Waals surface area contributed by atoms with Crippen LogP contribution in [0.5, 0.6) is 0 Å². The molecule has 0 heterocycles. The van der Waals surface area contributed by atoms with Crippen LogP contribution in [0.1, 0.15) is 72.6 Å². The molecule has 0 rings (SSSR count). The lowest BCUT2D eigenvalue weighted by Crippen LogP contribution is -2.28. The number of hydrogen-bond acceptors (Lipinski definition) is 2. The largest absolute Gasteiger partial charge is 0.460 e. The van der Waals surface area contributed by atoms with E-state index in [2.05, 4.69) is 13.8 Å². The SMILES string of the molecule is [CH2]CCCCCCC(CC)C(=O)OC(C)(C)C. The Morgan fingerprint density at radius 2 is 1.76 bits per heavy atom. The van der Waals surface area contributed by atoms with Gasteiger partial charge in [0.05, 0.1) is 5.92 Å². The van der Waals surface area contributed by atoms with Crippen LogP contribution in [0.3, 0.4) is 0 Å². The molecule has 0 aliphatic carbocycles. The van der Waals surface area contributed by atoms with E-state index in [1.165, 1.54) is 19.3 Å². The summed E-state index contributed by atoms with van der Waals surface area (Å²) in [5.74, 6) is 0.0473. The first-order valence-electron chi connectivity index (χ1n) is 6.92. The summed E-state index contributed by atoms with van der Waals surface area (Å²) in [6.45, 7) is 11.7. The Hall–Kier alpha value is -0.530. The van der Waals surface area contributed by atoms with Gasteiger partial charge in [-0.05, 0) is 33.6 Å². The molecular weight excluding hydrogens is 212 g/mol. The first-order valence-corrected chi connectivity index (χ1v) is 6.92. The molecule has 0 spiro atoms. The van der Waals surface area contributed by atoms with Crippen molar-refractivity contribution < 1.29 is 9.53 Å². The molecule has 1 unspecified atom stereocenters. The zero-order chi connectivity index (χ0) is 13.3. The molecule has 0 aliphatic heterocycles. The summed E-state index contributed by atoms with van der Waals surface area (Å²) in [6.07, 6.45) is 7.61. The Labute approximate surface area is 107 Å². The highest BCUT2D eigenvalue weighted by Crippen LogP contribution is 2.19. The van der Waals surface area contributed by atoms with Crippen molar-refractivity contribution in [1.82, 2.24) is 0 Å². The van der Waals surface area contributed by atoms with Crippen LogP contribution in [0.2, 0.25) is 0 Å². The minimum Gasteiger partial charge on any atom is -0.460 e. The van der Waals surface area contributed by atoms with Gasteiger partial charge in [0.15, 0.2) is 0 Å². The Bertz CT molecular complexity index is 203. The molecule has 0 aliphatic rings. The summed E-state index contributed by atoms with van der Waals surface area (Å²) in [4.78, 5) is 11.9. The second-order valence-corrected chi connectivity index (χ2v) is 5.70. The first kappa shape index (κ1) is 16.5. The molecule has 2 nitrogen and oxygen atoms in total. The van der Waals surface area contributed by atoms with E-state index in [1.54, 1.807) is 0 Å². The van der Waals surface area contributed by atoms with Crippen LogP contribution >= 0.6 is 0 Å². The van der Waals surface area contributed by atoms with Crippen molar-refractivity contribution in [2.45, 2.75) is 78.2 Å². The highest BCUT2D eigenvalue weighted by Gasteiger charge is 2.23. The number of unbranched alkanes of at least 4 members (excludes halogenated alkanes) is 4. The molecule has 1 atom stereocenters. The van der Waals surface area contributed by atoms with Gasteiger partial charge in [0.1, 0.15) is 5.60 Å². The van der Waals surface area contributed by atoms with Crippen LogP contribution in [0.15, 0.2) is 0 Å². The van der Waals surface area contributed by atoms with Gasteiger partial charge >= 0.3 is 5.97 Å². The average Bonchev–Trinajstić information content (AvgIpc) is 2.20. The third-order valence-electron chi connectivity index (χ3n) is 2.79. The van der Waals surface area contributed by atoms with Gasteiger partial charge < -0.3 is 4.74 Å². The van der Waals surface area contributed by atoms with Crippen molar-refractivity contribution in [3.63, 3.8) is 0 Å². The molecule has 17 heavy (non-hydrogen) atoms. The van der Waals surface area contributed by atoms with E-state index in [0.29, 0.717) is 0 Å². The minimum atomic E-state index is -0.363. The third-order valence-corrected chi connectivity index (χ3v) is 2.79. The Morgan fingerprint density at radius 1 is 1.18 bits per heavy atom. The zero-order valence-corrected chi connectivity index (χ0v) is 12.1. The summed E-state index contributed by atoms with van der Waals surface area (Å²) in [7, 11) is 0. The van der Waals surface area contributed by atoms with E-state index in [4.69, 9.17) is 4.74 Å². The molecule has 2 heteroatoms. The van der Waals surface area contributed by atoms with Crippen LogP contribution in [0.25, 0.3) is 0 Å². The lowest BCUT2D eigenvalue weighted by atomic mass is 9.98. The summed E-state index contributed by atoms with van der Waals surface area (Å²) in [5.41, 5.74) is -0.363. The Kier molecular flexibility index (Phi) is 8.28. The van der Waals surface area contributed by atoms with E-state index in [0.717, 1.165) is 25.7 Å². The number of carbonyl (C=O) groups is 1. The number of rotatable bonds is 8. The van der Waals surface area contributed by atoms with E-state index < -0.39 is 0 Å². The van der Waals surface area contributed by atoms with Crippen molar-refractivity contribution in [2.75, 3.05) is 0 Å². The van der Waals surface area contributed by atoms with Gasteiger partial charge in [0.25, 0.3) is 0 Å². The molecule has 101 valence electrons. The summed E-state index contributed by atoms with van der Waals surface area (Å²) < 4.78 is 5.42. The first-order chi connectivity index (χ1) is 7.90. The fourth-order valence-electron chi connectivity index (χ4n) is 1.79. The van der Waals surface area contributed by atoms with Crippen molar-refractivity contribution in [3.05, 3.63) is 6.92 Å². The maximum absolute atomic E-state index is 11.9. The maximum atomic E-state index is 11.9. The monoisotopic (exact) mass is 241 g/mol. The van der Waals surface area contributed by atoms with Gasteiger partial charge in [-0.3, -0.25) is 4.79 Å². The Balaban J connectivity index is 3.86. The van der Waals surface area contributed by atoms with Gasteiger partial charge in [0, 0.05) is 0 Å². The predicted octanol–water partition coefficient (Wildman–Crippen LogP) is 4.53. The highest BCUT2D eigenvalue weighted by atomic mass is 16.6. The standard InChI is InChI=1S/C15H29O2/c1-6-8-9-10-11-12-13(7-2)14(16)17-15(3,4)5/h13H,1,6-12H2,2-5H3. The lowest BCUT2D eigenvalue weighted by Gasteiger charge is -2.23. The summed E-state index contributed by atoms with van der Waals surface area (Å²) in [5, 5.41) is 0. The molecule has 0 saturated heterocycles. The van der Waals surface area contributed by atoms with Crippen LogP contribution in [-0.4, -0.2) is 11.6 Å². The van der Waals surface area contributed by atoms with E-state index in [1.807, 2.05) is 20.8 Å². The normalized spacial score (nSPS) is 13.5. The molecule has 0 amide bonds. The average molecular weight is 241 g/mol. The van der Waals surface area contributed by atoms with Gasteiger partial charge in [0.2, 0.25) is 0 Å². The molecule has 0 aromatic rings. The van der Waals surface area contributed by atoms with Crippen LogP contribution in [0.4, 0.5) is 0 Å². The van der Waals surface area contributed by atoms with E-state index >= 15 is 0 Å². The molecule has 0 saturated carbocycles. The second kappa shape index (κ2) is 8.54. The maximum Gasteiger partial charge on any atom is 0.309 e. The fourth-order valence-corrected chi connectivity index (χ4v) is 1.79. The van der Waals surface area contributed by atoms with Crippen molar-refractivity contribution in [1.29, 1.82) is 0 Å². The molecule has 0 aromatic heterocycles. The molecule has 0 fully saturated rings. The minimum absolute atomic E-state index is 0.0304. The highest BCUT2D eigenvalue weighted by molar-refractivity contribution is 5.72. The van der Waals surface area contributed by atoms with Gasteiger partial charge in [-0.15, -0.1) is 0 Å². The summed E-state index contributed by atoms with van der Waals surface area (Å²) >= 11 is 0. The lowest BCUT2D eigenvalue weighted by molar-refractivity contribution is -0.160. The van der Waals surface area contributed by atoms with E-state index in [-0.39, 0.29) is 17.5 Å². The Morgan fingerprint density at radius 3 is 2.24 bits per heavy atom. The van der Waals surface area contributed by atoms with Crippen LogP contribution < -0.4 is 0 Å². The molecule has 0 N–H and O–H groups in total. The second-order valence-electron chi connectivity index (χ2n) is 5.70. The summed E-state index contributed by atoms with van der Waals surface area (Å²) in [6, 6.07) is 0. The van der Waals surface area contributed by atoms with Crippen molar-refractivity contribution >= 4 is 5.97 Å². The zero-order valence-electron chi connectivity index (χ0n) is 12.1. The molecule has 0 aromatic carbocycles. The molecular formula is C15H29O2. The predicted molar refractivity (Wildman–Crippen MR) is 72.7 cm³/mol. The number of esters is 1. The van der Waals surface area contributed by atoms with Crippen LogP contribution in [-0.2, 0) is 9.53 Å². The quantitative estimate of drug-likeness (QED) is 0.461. The number of hydrogen-bond donors (Lipinski definition) is 0. The fraction of sp³-hybridized carbons (Fsp3) is 0.867. The van der Waals surface area contributed by atoms with Crippen LogP contribution in [0, 0.1) is 12.8 Å².